The SMILES string of the molecule is CC(C(=O)OC1CCCCC1)n1c(-c2ccc(C(C)(C)C)cc2)nc2ccccc21. The molecule has 1 fully saturated rings. The fourth-order valence-corrected chi connectivity index (χ4v) is 4.31. The fourth-order valence-electron chi connectivity index (χ4n) is 4.31. The molecular weight excluding hydrogens is 372 g/mol. The minimum Gasteiger partial charge on any atom is -0.461 e. The zero-order valence-corrected chi connectivity index (χ0v) is 18.5. The lowest BCUT2D eigenvalue weighted by molar-refractivity contribution is -0.153. The van der Waals surface area contributed by atoms with Crippen molar-refractivity contribution in [1.29, 1.82) is 0 Å². The van der Waals surface area contributed by atoms with Gasteiger partial charge >= 0.3 is 5.97 Å². The first-order valence-electron chi connectivity index (χ1n) is 11.1. The number of rotatable bonds is 4. The molecule has 4 rings (SSSR count). The third-order valence-corrected chi connectivity index (χ3v) is 6.17. The molecule has 0 N–H and O–H groups in total. The standard InChI is InChI=1S/C26H32N2O2/c1-18(25(29)30-21-10-6-5-7-11-21)28-23-13-9-8-12-22(23)27-24(28)19-14-16-20(17-15-19)26(2,3)4/h8-9,12-18,21H,5-7,10-11H2,1-4H3. The first-order valence-corrected chi connectivity index (χ1v) is 11.1. The van der Waals surface area contributed by atoms with Crippen LogP contribution in [0.4, 0.5) is 0 Å². The number of esters is 1. The number of carbonyl (C=O) groups excluding carboxylic acids is 1. The van der Waals surface area contributed by atoms with Gasteiger partial charge < -0.3 is 9.30 Å². The highest BCUT2D eigenvalue weighted by molar-refractivity contribution is 5.84. The van der Waals surface area contributed by atoms with Gasteiger partial charge in [0, 0.05) is 5.56 Å². The molecule has 0 saturated heterocycles. The smallest absolute Gasteiger partial charge is 0.329 e. The first kappa shape index (κ1) is 20.6. The number of fused-ring (bicyclic) bond motifs is 1. The molecule has 4 nitrogen and oxygen atoms in total. The largest absolute Gasteiger partial charge is 0.461 e. The number of hydrogen-bond acceptors (Lipinski definition) is 3. The molecule has 1 heterocycles. The molecule has 1 aromatic heterocycles. The first-order chi connectivity index (χ1) is 14.3. The molecule has 0 aliphatic heterocycles. The lowest BCUT2D eigenvalue weighted by Gasteiger charge is -2.25. The van der Waals surface area contributed by atoms with Crippen molar-refractivity contribution in [2.45, 2.75) is 77.4 Å². The molecule has 1 unspecified atom stereocenters. The van der Waals surface area contributed by atoms with Crippen LogP contribution in [-0.4, -0.2) is 21.6 Å². The summed E-state index contributed by atoms with van der Waals surface area (Å²) in [7, 11) is 0. The van der Waals surface area contributed by atoms with Gasteiger partial charge in [0.2, 0.25) is 0 Å². The minimum atomic E-state index is -0.434. The van der Waals surface area contributed by atoms with E-state index in [2.05, 4.69) is 45.0 Å². The van der Waals surface area contributed by atoms with Crippen molar-refractivity contribution in [2.24, 2.45) is 0 Å². The van der Waals surface area contributed by atoms with Crippen molar-refractivity contribution in [3.8, 4) is 11.4 Å². The summed E-state index contributed by atoms with van der Waals surface area (Å²) in [6, 6.07) is 16.1. The van der Waals surface area contributed by atoms with Gasteiger partial charge in [0.15, 0.2) is 0 Å². The Morgan fingerprint density at radius 1 is 1.03 bits per heavy atom. The highest BCUT2D eigenvalue weighted by atomic mass is 16.5. The van der Waals surface area contributed by atoms with Crippen molar-refractivity contribution in [1.82, 2.24) is 9.55 Å². The molecule has 3 aromatic rings. The zero-order valence-electron chi connectivity index (χ0n) is 18.5. The Hall–Kier alpha value is -2.62. The van der Waals surface area contributed by atoms with E-state index >= 15 is 0 Å². The second-order valence-electron chi connectivity index (χ2n) is 9.49. The van der Waals surface area contributed by atoms with Gasteiger partial charge in [0.05, 0.1) is 11.0 Å². The average molecular weight is 405 g/mol. The predicted molar refractivity (Wildman–Crippen MR) is 122 cm³/mol. The molecule has 0 radical (unpaired) electrons. The van der Waals surface area contributed by atoms with Crippen LogP contribution in [0.25, 0.3) is 22.4 Å². The van der Waals surface area contributed by atoms with E-state index in [-0.39, 0.29) is 17.5 Å². The highest BCUT2D eigenvalue weighted by Gasteiger charge is 2.27. The van der Waals surface area contributed by atoms with E-state index in [1.54, 1.807) is 0 Å². The lowest BCUT2D eigenvalue weighted by atomic mass is 9.86. The van der Waals surface area contributed by atoms with Crippen LogP contribution in [0.15, 0.2) is 48.5 Å². The van der Waals surface area contributed by atoms with Crippen LogP contribution in [0.5, 0.6) is 0 Å². The Bertz CT molecular complexity index is 1020. The molecule has 30 heavy (non-hydrogen) atoms. The monoisotopic (exact) mass is 404 g/mol. The van der Waals surface area contributed by atoms with Crippen LogP contribution in [-0.2, 0) is 14.9 Å². The van der Waals surface area contributed by atoms with Crippen molar-refractivity contribution in [3.63, 3.8) is 0 Å². The molecule has 4 heteroatoms. The Kier molecular flexibility index (Phi) is 5.68. The molecule has 0 bridgehead atoms. The second kappa shape index (κ2) is 8.25. The van der Waals surface area contributed by atoms with Gasteiger partial charge in [-0.25, -0.2) is 9.78 Å². The lowest BCUT2D eigenvalue weighted by Crippen LogP contribution is -2.26. The number of imidazole rings is 1. The maximum Gasteiger partial charge on any atom is 0.329 e. The highest BCUT2D eigenvalue weighted by Crippen LogP contribution is 2.32. The summed E-state index contributed by atoms with van der Waals surface area (Å²) in [6.45, 7) is 8.55. The Morgan fingerprint density at radius 2 is 1.70 bits per heavy atom. The minimum absolute atomic E-state index is 0.0537. The number of hydrogen-bond donors (Lipinski definition) is 0. The van der Waals surface area contributed by atoms with Crippen molar-refractivity contribution >= 4 is 17.0 Å². The van der Waals surface area contributed by atoms with Crippen LogP contribution in [0, 0.1) is 0 Å². The predicted octanol–water partition coefficient (Wildman–Crippen LogP) is 6.44. The normalized spacial score (nSPS) is 16.5. The number of para-hydroxylation sites is 2. The number of ether oxygens (including phenoxy) is 1. The van der Waals surface area contributed by atoms with E-state index in [1.807, 2.05) is 35.8 Å². The Labute approximate surface area is 179 Å². The summed E-state index contributed by atoms with van der Waals surface area (Å²) in [5.74, 6) is 0.641. The van der Waals surface area contributed by atoms with E-state index < -0.39 is 6.04 Å². The van der Waals surface area contributed by atoms with Gasteiger partial charge in [-0.05, 0) is 55.7 Å². The van der Waals surface area contributed by atoms with Crippen LogP contribution in [0.3, 0.4) is 0 Å². The van der Waals surface area contributed by atoms with Crippen molar-refractivity contribution in [3.05, 3.63) is 54.1 Å². The molecule has 1 atom stereocenters. The van der Waals surface area contributed by atoms with Gasteiger partial charge in [0.25, 0.3) is 0 Å². The van der Waals surface area contributed by atoms with E-state index in [1.165, 1.54) is 12.0 Å². The Morgan fingerprint density at radius 3 is 2.37 bits per heavy atom. The molecule has 1 aliphatic carbocycles. The summed E-state index contributed by atoms with van der Waals surface area (Å²) in [4.78, 5) is 17.9. The molecule has 1 saturated carbocycles. The quantitative estimate of drug-likeness (QED) is 0.470. The second-order valence-corrected chi connectivity index (χ2v) is 9.49. The van der Waals surface area contributed by atoms with Crippen LogP contribution < -0.4 is 0 Å². The van der Waals surface area contributed by atoms with Gasteiger partial charge in [-0.3, -0.25) is 0 Å². The van der Waals surface area contributed by atoms with Crippen LogP contribution in [0.1, 0.15) is 71.4 Å². The van der Waals surface area contributed by atoms with Crippen LogP contribution >= 0.6 is 0 Å². The molecule has 1 aliphatic rings. The van der Waals surface area contributed by atoms with Gasteiger partial charge in [0.1, 0.15) is 18.0 Å². The number of benzene rings is 2. The third-order valence-electron chi connectivity index (χ3n) is 6.17. The number of carbonyl (C=O) groups is 1. The average Bonchev–Trinajstić information content (AvgIpc) is 3.13. The van der Waals surface area contributed by atoms with Gasteiger partial charge in [-0.15, -0.1) is 0 Å². The number of aromatic nitrogens is 2. The van der Waals surface area contributed by atoms with E-state index in [0.29, 0.717) is 0 Å². The van der Waals surface area contributed by atoms with E-state index in [4.69, 9.17) is 9.72 Å². The summed E-state index contributed by atoms with van der Waals surface area (Å²) in [5.41, 5.74) is 4.23. The molecule has 158 valence electrons. The molecular formula is C26H32N2O2. The van der Waals surface area contributed by atoms with Crippen molar-refractivity contribution < 1.29 is 9.53 Å². The summed E-state index contributed by atoms with van der Waals surface area (Å²) in [5, 5.41) is 0. The topological polar surface area (TPSA) is 44.1 Å². The summed E-state index contributed by atoms with van der Waals surface area (Å²) in [6.07, 6.45) is 5.54. The summed E-state index contributed by atoms with van der Waals surface area (Å²) < 4.78 is 7.93. The van der Waals surface area contributed by atoms with Gasteiger partial charge in [-0.2, -0.15) is 0 Å². The van der Waals surface area contributed by atoms with Crippen molar-refractivity contribution in [2.75, 3.05) is 0 Å². The zero-order chi connectivity index (χ0) is 21.3. The van der Waals surface area contributed by atoms with Crippen LogP contribution in [0.2, 0.25) is 0 Å². The third kappa shape index (κ3) is 4.14. The van der Waals surface area contributed by atoms with E-state index in [0.717, 1.165) is 48.1 Å². The van der Waals surface area contributed by atoms with Gasteiger partial charge in [-0.1, -0.05) is 63.6 Å². The Balaban J connectivity index is 1.70. The fraction of sp³-hybridized carbons (Fsp3) is 0.462. The molecule has 0 spiro atoms. The maximum atomic E-state index is 13.1. The summed E-state index contributed by atoms with van der Waals surface area (Å²) >= 11 is 0. The number of nitrogens with zero attached hydrogens (tertiary/aromatic N) is 2. The molecule has 0 amide bonds. The molecule has 2 aromatic carbocycles. The van der Waals surface area contributed by atoms with E-state index in [9.17, 15) is 4.79 Å². The maximum absolute atomic E-state index is 13.1.